The number of rotatable bonds is 5. The first-order valence-corrected chi connectivity index (χ1v) is 10.5. The fraction of sp³-hybridized carbons (Fsp3) is 0.417. The van der Waals surface area contributed by atoms with Gasteiger partial charge in [0.2, 0.25) is 5.91 Å². The Morgan fingerprint density at radius 3 is 2.23 bits per heavy atom. The molecule has 0 bridgehead atoms. The molecule has 5 nitrogen and oxygen atoms in total. The summed E-state index contributed by atoms with van der Waals surface area (Å²) in [7, 11) is 0. The van der Waals surface area contributed by atoms with Crippen molar-refractivity contribution in [3.05, 3.63) is 65.5 Å². The minimum Gasteiger partial charge on any atom is -0.370 e. The average molecular weight is 412 g/mol. The van der Waals surface area contributed by atoms with Gasteiger partial charge in [-0.25, -0.2) is 4.39 Å². The van der Waals surface area contributed by atoms with Gasteiger partial charge in [-0.05, 0) is 55.7 Å². The summed E-state index contributed by atoms with van der Waals surface area (Å²) in [6.45, 7) is 8.55. The second kappa shape index (κ2) is 9.74. The molecule has 0 saturated carbocycles. The first kappa shape index (κ1) is 21.8. The van der Waals surface area contributed by atoms with E-state index < -0.39 is 6.04 Å². The Morgan fingerprint density at radius 2 is 1.60 bits per heavy atom. The second-order valence-electron chi connectivity index (χ2n) is 8.20. The van der Waals surface area contributed by atoms with Crippen molar-refractivity contribution in [3.63, 3.8) is 0 Å². The van der Waals surface area contributed by atoms with Gasteiger partial charge in [-0.15, -0.1) is 0 Å². The third-order valence-corrected chi connectivity index (χ3v) is 5.53. The Balaban J connectivity index is 1.65. The molecule has 1 N–H and O–H groups in total. The van der Waals surface area contributed by atoms with Gasteiger partial charge in [0.15, 0.2) is 0 Å². The zero-order valence-corrected chi connectivity index (χ0v) is 17.9. The van der Waals surface area contributed by atoms with Crippen molar-refractivity contribution in [2.75, 3.05) is 31.1 Å². The number of aryl methyl sites for hydroxylation is 1. The number of carbonyl (C=O) groups excluding carboxylic acids is 2. The van der Waals surface area contributed by atoms with Gasteiger partial charge in [-0.1, -0.05) is 31.5 Å². The summed E-state index contributed by atoms with van der Waals surface area (Å²) in [5, 5.41) is 2.93. The minimum atomic E-state index is -0.573. The van der Waals surface area contributed by atoms with Crippen LogP contribution >= 0.6 is 0 Å². The third-order valence-electron chi connectivity index (χ3n) is 5.53. The first-order chi connectivity index (χ1) is 14.3. The number of amides is 2. The van der Waals surface area contributed by atoms with E-state index in [0.29, 0.717) is 25.2 Å². The molecule has 1 unspecified atom stereocenters. The number of benzene rings is 2. The highest BCUT2D eigenvalue weighted by Gasteiger charge is 2.30. The highest BCUT2D eigenvalue weighted by atomic mass is 19.1. The summed E-state index contributed by atoms with van der Waals surface area (Å²) >= 11 is 0. The molecule has 2 amide bonds. The topological polar surface area (TPSA) is 52.7 Å². The molecule has 6 heteroatoms. The zero-order chi connectivity index (χ0) is 21.7. The summed E-state index contributed by atoms with van der Waals surface area (Å²) < 4.78 is 13.2. The Bertz CT molecular complexity index is 865. The Morgan fingerprint density at radius 1 is 0.933 bits per heavy atom. The van der Waals surface area contributed by atoms with Gasteiger partial charge < -0.3 is 15.1 Å². The van der Waals surface area contributed by atoms with E-state index in [9.17, 15) is 14.0 Å². The average Bonchev–Trinajstić information content (AvgIpc) is 2.98. The fourth-order valence-corrected chi connectivity index (χ4v) is 3.69. The predicted octanol–water partition coefficient (Wildman–Crippen LogP) is 3.63. The van der Waals surface area contributed by atoms with Crippen LogP contribution in [-0.4, -0.2) is 48.9 Å². The molecule has 0 radical (unpaired) electrons. The Labute approximate surface area is 177 Å². The molecular formula is C24H30FN3O2. The summed E-state index contributed by atoms with van der Waals surface area (Å²) in [5.41, 5.74) is 2.59. The maximum Gasteiger partial charge on any atom is 0.251 e. The Hall–Kier alpha value is -2.89. The lowest BCUT2D eigenvalue weighted by Crippen LogP contribution is -2.52. The van der Waals surface area contributed by atoms with Gasteiger partial charge in [0.1, 0.15) is 11.9 Å². The smallest absolute Gasteiger partial charge is 0.251 e. The zero-order valence-electron chi connectivity index (χ0n) is 17.9. The molecule has 0 aliphatic carbocycles. The van der Waals surface area contributed by atoms with Gasteiger partial charge in [0.05, 0.1) is 0 Å². The molecule has 1 saturated heterocycles. The molecule has 1 atom stereocenters. The van der Waals surface area contributed by atoms with Crippen molar-refractivity contribution >= 4 is 17.5 Å². The van der Waals surface area contributed by atoms with Crippen molar-refractivity contribution in [3.8, 4) is 0 Å². The number of anilines is 1. The van der Waals surface area contributed by atoms with Gasteiger partial charge in [-0.2, -0.15) is 0 Å². The van der Waals surface area contributed by atoms with Crippen LogP contribution in [0.2, 0.25) is 0 Å². The van der Waals surface area contributed by atoms with E-state index in [1.165, 1.54) is 12.1 Å². The maximum absolute atomic E-state index is 13.2. The van der Waals surface area contributed by atoms with Crippen molar-refractivity contribution < 1.29 is 14.0 Å². The summed E-state index contributed by atoms with van der Waals surface area (Å²) in [5.74, 6) is -0.561. The van der Waals surface area contributed by atoms with Crippen LogP contribution in [-0.2, 0) is 4.79 Å². The second-order valence-corrected chi connectivity index (χ2v) is 8.20. The van der Waals surface area contributed by atoms with Crippen LogP contribution in [0.3, 0.4) is 0 Å². The van der Waals surface area contributed by atoms with Crippen molar-refractivity contribution in [2.45, 2.75) is 33.2 Å². The maximum atomic E-state index is 13.2. The van der Waals surface area contributed by atoms with E-state index in [1.807, 2.05) is 37.8 Å². The van der Waals surface area contributed by atoms with Crippen molar-refractivity contribution in [1.29, 1.82) is 0 Å². The van der Waals surface area contributed by atoms with E-state index in [-0.39, 0.29) is 23.5 Å². The molecule has 160 valence electrons. The SMILES string of the molecule is Cc1ccc(C(=O)NC(C(=O)N2CCCN(c3ccc(F)cc3)CC2)C(C)C)cc1. The lowest BCUT2D eigenvalue weighted by Gasteiger charge is -2.29. The van der Waals surface area contributed by atoms with E-state index in [4.69, 9.17) is 0 Å². The highest BCUT2D eigenvalue weighted by molar-refractivity contribution is 5.97. The number of nitrogens with zero attached hydrogens (tertiary/aromatic N) is 2. The number of hydrogen-bond acceptors (Lipinski definition) is 3. The Kier molecular flexibility index (Phi) is 7.08. The van der Waals surface area contributed by atoms with Crippen LogP contribution in [0.4, 0.5) is 10.1 Å². The lowest BCUT2D eigenvalue weighted by molar-refractivity contribution is -0.134. The summed E-state index contributed by atoms with van der Waals surface area (Å²) in [6, 6.07) is 13.2. The standard InChI is InChI=1S/C24H30FN3O2/c1-17(2)22(26-23(29)19-7-5-18(3)6-8-19)24(30)28-14-4-13-27(15-16-28)21-11-9-20(25)10-12-21/h5-12,17,22H,4,13-16H2,1-3H3,(H,26,29). The van der Waals surface area contributed by atoms with Crippen LogP contribution in [0.5, 0.6) is 0 Å². The number of halogens is 1. The van der Waals surface area contributed by atoms with Crippen molar-refractivity contribution in [1.82, 2.24) is 10.2 Å². The molecule has 2 aromatic rings. The van der Waals surface area contributed by atoms with Gasteiger partial charge in [0, 0.05) is 37.4 Å². The normalized spacial score (nSPS) is 15.6. The molecular weight excluding hydrogens is 381 g/mol. The molecule has 1 fully saturated rings. The minimum absolute atomic E-state index is 0.0247. The molecule has 3 rings (SSSR count). The lowest BCUT2D eigenvalue weighted by atomic mass is 10.0. The largest absolute Gasteiger partial charge is 0.370 e. The summed E-state index contributed by atoms with van der Waals surface area (Å²) in [4.78, 5) is 29.9. The molecule has 0 spiro atoms. The number of hydrogen-bond donors (Lipinski definition) is 1. The molecule has 30 heavy (non-hydrogen) atoms. The predicted molar refractivity (Wildman–Crippen MR) is 117 cm³/mol. The molecule has 1 aliphatic rings. The molecule has 0 aromatic heterocycles. The van der Waals surface area contributed by atoms with E-state index in [2.05, 4.69) is 10.2 Å². The van der Waals surface area contributed by atoms with Gasteiger partial charge in [0.25, 0.3) is 5.91 Å². The molecule has 1 aliphatic heterocycles. The number of nitrogens with one attached hydrogen (secondary N) is 1. The van der Waals surface area contributed by atoms with Crippen LogP contribution in [0.15, 0.2) is 48.5 Å². The van der Waals surface area contributed by atoms with E-state index >= 15 is 0 Å². The molecule has 2 aromatic carbocycles. The van der Waals surface area contributed by atoms with Crippen LogP contribution in [0.1, 0.15) is 36.2 Å². The summed E-state index contributed by atoms with van der Waals surface area (Å²) in [6.07, 6.45) is 0.819. The van der Waals surface area contributed by atoms with Gasteiger partial charge >= 0.3 is 0 Å². The number of carbonyl (C=O) groups is 2. The van der Waals surface area contributed by atoms with Crippen molar-refractivity contribution in [2.24, 2.45) is 5.92 Å². The van der Waals surface area contributed by atoms with Crippen LogP contribution < -0.4 is 10.2 Å². The molecule has 1 heterocycles. The van der Waals surface area contributed by atoms with E-state index in [0.717, 1.165) is 24.2 Å². The fourth-order valence-electron chi connectivity index (χ4n) is 3.69. The third kappa shape index (κ3) is 5.38. The van der Waals surface area contributed by atoms with E-state index in [1.54, 1.807) is 24.3 Å². The monoisotopic (exact) mass is 411 g/mol. The van der Waals surface area contributed by atoms with Crippen LogP contribution in [0, 0.1) is 18.7 Å². The van der Waals surface area contributed by atoms with Crippen LogP contribution in [0.25, 0.3) is 0 Å². The quantitative estimate of drug-likeness (QED) is 0.818. The van der Waals surface area contributed by atoms with Gasteiger partial charge in [-0.3, -0.25) is 9.59 Å². The first-order valence-electron chi connectivity index (χ1n) is 10.5. The highest BCUT2D eigenvalue weighted by Crippen LogP contribution is 2.18.